The number of nitrogens with one attached hydrogen (secondary N) is 1. The number of hydrogen-bond acceptors (Lipinski definition) is 5. The second-order valence-corrected chi connectivity index (χ2v) is 14.3. The van der Waals surface area contributed by atoms with Gasteiger partial charge in [-0.1, -0.05) is 44.2 Å². The molecule has 49 heavy (non-hydrogen) atoms. The van der Waals surface area contributed by atoms with Gasteiger partial charge >= 0.3 is 5.97 Å². The van der Waals surface area contributed by atoms with Gasteiger partial charge in [-0.05, 0) is 107 Å². The van der Waals surface area contributed by atoms with Gasteiger partial charge in [-0.25, -0.2) is 8.78 Å². The van der Waals surface area contributed by atoms with Gasteiger partial charge in [0.1, 0.15) is 17.2 Å². The average Bonchev–Trinajstić information content (AvgIpc) is 3.35. The van der Waals surface area contributed by atoms with E-state index in [1.165, 1.54) is 24.3 Å². The Morgan fingerprint density at radius 3 is 2.04 bits per heavy atom. The first-order chi connectivity index (χ1) is 23.1. The first-order valence-electron chi connectivity index (χ1n) is 16.8. The number of amides is 1. The second-order valence-electron chi connectivity index (χ2n) is 14.3. The zero-order chi connectivity index (χ0) is 35.5. The number of halogens is 2. The Bertz CT molecular complexity index is 1760. The van der Waals surface area contributed by atoms with E-state index >= 15 is 0 Å². The van der Waals surface area contributed by atoms with Crippen molar-refractivity contribution in [2.45, 2.75) is 104 Å². The van der Waals surface area contributed by atoms with Gasteiger partial charge in [-0.3, -0.25) is 9.59 Å². The normalized spacial score (nSPS) is 17.6. The van der Waals surface area contributed by atoms with Gasteiger partial charge in [-0.2, -0.15) is 0 Å². The quantitative estimate of drug-likeness (QED) is 0.170. The zero-order valence-corrected chi connectivity index (χ0v) is 29.3. The minimum atomic E-state index is -0.938. The first-order valence-corrected chi connectivity index (χ1v) is 16.8. The highest BCUT2D eigenvalue weighted by molar-refractivity contribution is 6.12. The van der Waals surface area contributed by atoms with Crippen LogP contribution >= 0.6 is 0 Å². The Hall–Kier alpha value is -4.34. The van der Waals surface area contributed by atoms with Crippen molar-refractivity contribution >= 4 is 17.6 Å². The molecule has 0 aliphatic carbocycles. The van der Waals surface area contributed by atoms with Crippen molar-refractivity contribution in [2.75, 3.05) is 5.32 Å². The fourth-order valence-electron chi connectivity index (χ4n) is 6.58. The standard InChI is InChI=1S/C40H46F2N2O5/c1-25(2)36-35(38(46)43-30-11-9-8-10-12-30)34(26-13-17-28(41)18-14-26)37(27-15-19-29(42)20-16-27)44(36)22-21-31-23-32(48-40(6,7)47-31)24-33(45)49-39(3,4)5/h8-20,25,31-32H,21-24H2,1-7H3,(H,43,46)/t31-,32-/m1/s1. The Morgan fingerprint density at radius 1 is 0.898 bits per heavy atom. The van der Waals surface area contributed by atoms with Gasteiger partial charge in [0, 0.05) is 29.9 Å². The van der Waals surface area contributed by atoms with Crippen molar-refractivity contribution in [1.29, 1.82) is 0 Å². The molecule has 0 saturated carbocycles. The van der Waals surface area contributed by atoms with E-state index in [-0.39, 0.29) is 36.1 Å². The Morgan fingerprint density at radius 2 is 1.47 bits per heavy atom. The monoisotopic (exact) mass is 672 g/mol. The number of ether oxygens (including phenoxy) is 3. The molecule has 7 nitrogen and oxygen atoms in total. The predicted molar refractivity (Wildman–Crippen MR) is 187 cm³/mol. The van der Waals surface area contributed by atoms with E-state index in [1.54, 1.807) is 24.3 Å². The summed E-state index contributed by atoms with van der Waals surface area (Å²) in [5.74, 6) is -2.48. The summed E-state index contributed by atoms with van der Waals surface area (Å²) in [4.78, 5) is 27.1. The maximum atomic E-state index is 14.3. The molecule has 260 valence electrons. The lowest BCUT2D eigenvalue weighted by Crippen LogP contribution is -2.46. The smallest absolute Gasteiger partial charge is 0.308 e. The van der Waals surface area contributed by atoms with Crippen molar-refractivity contribution in [3.8, 4) is 22.4 Å². The minimum Gasteiger partial charge on any atom is -0.460 e. The third kappa shape index (κ3) is 9.02. The van der Waals surface area contributed by atoms with Crippen molar-refractivity contribution in [3.63, 3.8) is 0 Å². The lowest BCUT2D eigenvalue weighted by molar-refractivity contribution is -0.301. The zero-order valence-electron chi connectivity index (χ0n) is 29.3. The van der Waals surface area contributed by atoms with Crippen molar-refractivity contribution in [2.24, 2.45) is 0 Å². The Balaban J connectivity index is 1.60. The van der Waals surface area contributed by atoms with Crippen LogP contribution in [0.5, 0.6) is 0 Å². The molecule has 0 spiro atoms. The molecule has 1 aliphatic rings. The molecule has 1 N–H and O–H groups in total. The van der Waals surface area contributed by atoms with Gasteiger partial charge in [0.2, 0.25) is 0 Å². The van der Waals surface area contributed by atoms with Crippen LogP contribution in [0.25, 0.3) is 22.4 Å². The number of carbonyl (C=O) groups excluding carboxylic acids is 2. The van der Waals surface area contributed by atoms with E-state index in [9.17, 15) is 18.4 Å². The molecule has 5 rings (SSSR count). The Labute approximate surface area is 287 Å². The largest absolute Gasteiger partial charge is 0.460 e. The van der Waals surface area contributed by atoms with Crippen LogP contribution in [0.2, 0.25) is 0 Å². The highest BCUT2D eigenvalue weighted by atomic mass is 19.1. The SMILES string of the molecule is CC(C)c1c(C(=O)Nc2ccccc2)c(-c2ccc(F)cc2)c(-c2ccc(F)cc2)n1CC[C@@H]1C[C@H](CC(=O)OC(C)(C)C)OC(C)(C)O1. The van der Waals surface area contributed by atoms with Crippen LogP contribution in [0.4, 0.5) is 14.5 Å². The maximum Gasteiger partial charge on any atom is 0.308 e. The van der Waals surface area contributed by atoms with Gasteiger partial charge in [0.05, 0.1) is 29.9 Å². The summed E-state index contributed by atoms with van der Waals surface area (Å²) >= 11 is 0. The molecule has 0 bridgehead atoms. The molecule has 1 fully saturated rings. The fourth-order valence-corrected chi connectivity index (χ4v) is 6.58. The lowest BCUT2D eigenvalue weighted by Gasteiger charge is -2.41. The molecule has 9 heteroatoms. The molecule has 0 unspecified atom stereocenters. The topological polar surface area (TPSA) is 78.8 Å². The number of anilines is 1. The summed E-state index contributed by atoms with van der Waals surface area (Å²) in [7, 11) is 0. The molecule has 1 saturated heterocycles. The first kappa shape index (κ1) is 36.0. The summed E-state index contributed by atoms with van der Waals surface area (Å²) in [6.45, 7) is 13.7. The summed E-state index contributed by atoms with van der Waals surface area (Å²) in [6, 6.07) is 21.5. The molecular formula is C40H46F2N2O5. The number of carbonyl (C=O) groups is 2. The van der Waals surface area contributed by atoms with E-state index in [2.05, 4.69) is 9.88 Å². The van der Waals surface area contributed by atoms with Crippen LogP contribution in [-0.4, -0.2) is 40.0 Å². The number of aromatic nitrogens is 1. The number of esters is 1. The molecular weight excluding hydrogens is 626 g/mol. The lowest BCUT2D eigenvalue weighted by atomic mass is 9.94. The number of nitrogens with zero attached hydrogens (tertiary/aromatic N) is 1. The average molecular weight is 673 g/mol. The number of hydrogen-bond donors (Lipinski definition) is 1. The van der Waals surface area contributed by atoms with Crippen LogP contribution < -0.4 is 5.32 Å². The summed E-state index contributed by atoms with van der Waals surface area (Å²) in [5.41, 5.74) is 3.96. The van der Waals surface area contributed by atoms with Crippen molar-refractivity contribution < 1.29 is 32.6 Å². The highest BCUT2D eigenvalue weighted by Gasteiger charge is 2.38. The summed E-state index contributed by atoms with van der Waals surface area (Å²) in [5, 5.41) is 3.06. The molecule has 1 amide bonds. The van der Waals surface area contributed by atoms with E-state index in [0.717, 1.165) is 5.69 Å². The van der Waals surface area contributed by atoms with E-state index in [1.807, 2.05) is 78.8 Å². The maximum absolute atomic E-state index is 14.3. The molecule has 2 heterocycles. The third-order valence-electron chi connectivity index (χ3n) is 8.28. The van der Waals surface area contributed by atoms with E-state index in [4.69, 9.17) is 14.2 Å². The summed E-state index contributed by atoms with van der Waals surface area (Å²) < 4.78 is 48.7. The molecule has 4 aromatic rings. The van der Waals surface area contributed by atoms with Gasteiger partial charge in [0.15, 0.2) is 5.79 Å². The van der Waals surface area contributed by atoms with E-state index in [0.29, 0.717) is 53.0 Å². The van der Waals surface area contributed by atoms with E-state index < -0.39 is 23.3 Å². The van der Waals surface area contributed by atoms with Crippen LogP contribution in [0.3, 0.4) is 0 Å². The van der Waals surface area contributed by atoms with Crippen molar-refractivity contribution in [3.05, 3.63) is 102 Å². The molecule has 1 aromatic heterocycles. The van der Waals surface area contributed by atoms with Crippen LogP contribution in [0.1, 0.15) is 89.7 Å². The van der Waals surface area contributed by atoms with Crippen molar-refractivity contribution in [1.82, 2.24) is 4.57 Å². The number of benzene rings is 3. The molecule has 1 aliphatic heterocycles. The highest BCUT2D eigenvalue weighted by Crippen LogP contribution is 2.43. The fraction of sp³-hybridized carbons (Fsp3) is 0.400. The van der Waals surface area contributed by atoms with Crippen LogP contribution in [0.15, 0.2) is 78.9 Å². The molecule has 2 atom stereocenters. The number of para-hydroxylation sites is 1. The van der Waals surface area contributed by atoms with Crippen LogP contribution in [0, 0.1) is 11.6 Å². The minimum absolute atomic E-state index is 0.0979. The molecule has 0 radical (unpaired) electrons. The molecule has 3 aromatic carbocycles. The second kappa shape index (κ2) is 14.6. The van der Waals surface area contributed by atoms with Gasteiger partial charge < -0.3 is 24.1 Å². The third-order valence-corrected chi connectivity index (χ3v) is 8.28. The Kier molecular flexibility index (Phi) is 10.7. The summed E-state index contributed by atoms with van der Waals surface area (Å²) in [6.07, 6.45) is 0.412. The van der Waals surface area contributed by atoms with Gasteiger partial charge in [-0.15, -0.1) is 0 Å². The van der Waals surface area contributed by atoms with Crippen LogP contribution in [-0.2, 0) is 25.5 Å². The predicted octanol–water partition coefficient (Wildman–Crippen LogP) is 9.51. The number of rotatable bonds is 10. The van der Waals surface area contributed by atoms with Gasteiger partial charge in [0.25, 0.3) is 5.91 Å².